The van der Waals surface area contributed by atoms with Gasteiger partial charge in [-0.25, -0.2) is 4.98 Å². The van der Waals surface area contributed by atoms with Crippen LogP contribution in [0.3, 0.4) is 0 Å². The molecule has 0 aliphatic rings. The van der Waals surface area contributed by atoms with Crippen LogP contribution in [0.2, 0.25) is 0 Å². The van der Waals surface area contributed by atoms with Gasteiger partial charge in [-0.3, -0.25) is 10.1 Å². The number of fused-ring (bicyclic) bond motifs is 1. The number of thiazole rings is 1. The Morgan fingerprint density at radius 3 is 3.05 bits per heavy atom. The highest BCUT2D eigenvalue weighted by molar-refractivity contribution is 7.16. The van der Waals surface area contributed by atoms with Gasteiger partial charge < -0.3 is 10.4 Å². The maximum Gasteiger partial charge on any atom is 0.319 e. The Morgan fingerprint density at radius 1 is 1.58 bits per heavy atom. The molecule has 1 heterocycles. The molecule has 102 valence electrons. The number of nitro benzene ring substituents is 1. The fourth-order valence-electron chi connectivity index (χ4n) is 1.86. The Kier molecular flexibility index (Phi) is 4.28. The zero-order chi connectivity index (χ0) is 13.8. The van der Waals surface area contributed by atoms with E-state index in [0.717, 1.165) is 11.1 Å². The Hall–Kier alpha value is -1.73. The van der Waals surface area contributed by atoms with Gasteiger partial charge in [0.05, 0.1) is 21.2 Å². The van der Waals surface area contributed by atoms with Crippen molar-refractivity contribution in [1.29, 1.82) is 0 Å². The van der Waals surface area contributed by atoms with Crippen molar-refractivity contribution in [2.45, 2.75) is 25.9 Å². The minimum Gasteiger partial charge on any atom is -0.393 e. The molecule has 1 aromatic carbocycles. The van der Waals surface area contributed by atoms with Gasteiger partial charge in [-0.2, -0.15) is 0 Å². The van der Waals surface area contributed by atoms with E-state index in [1.807, 2.05) is 6.07 Å². The molecule has 19 heavy (non-hydrogen) atoms. The van der Waals surface area contributed by atoms with Crippen LogP contribution in [0.1, 0.15) is 19.8 Å². The summed E-state index contributed by atoms with van der Waals surface area (Å²) in [5.74, 6) is 0. The molecule has 1 atom stereocenters. The fourth-order valence-corrected chi connectivity index (χ4v) is 2.54. The summed E-state index contributed by atoms with van der Waals surface area (Å²) < 4.78 is 0.807. The minimum atomic E-state index is -0.404. The molecule has 0 bridgehead atoms. The molecule has 6 nitrogen and oxygen atoms in total. The monoisotopic (exact) mass is 281 g/mol. The summed E-state index contributed by atoms with van der Waals surface area (Å²) in [6, 6.07) is 3.54. The first-order valence-corrected chi connectivity index (χ1v) is 6.90. The number of aromatic nitrogens is 1. The predicted molar refractivity (Wildman–Crippen MR) is 75.7 cm³/mol. The number of rotatable bonds is 6. The average Bonchev–Trinajstić information content (AvgIpc) is 2.81. The Bertz CT molecular complexity index is 583. The molecule has 2 rings (SSSR count). The van der Waals surface area contributed by atoms with Gasteiger partial charge in [-0.1, -0.05) is 0 Å². The van der Waals surface area contributed by atoms with Gasteiger partial charge in [0.2, 0.25) is 0 Å². The normalized spacial score (nSPS) is 12.5. The van der Waals surface area contributed by atoms with Crippen LogP contribution >= 0.6 is 11.3 Å². The summed E-state index contributed by atoms with van der Waals surface area (Å²) in [6.07, 6.45) is 1.07. The molecule has 2 aromatic rings. The Balaban J connectivity index is 2.17. The van der Waals surface area contributed by atoms with E-state index in [4.69, 9.17) is 5.11 Å². The van der Waals surface area contributed by atoms with Crippen molar-refractivity contribution in [2.75, 3.05) is 11.9 Å². The number of anilines is 1. The van der Waals surface area contributed by atoms with Crippen molar-refractivity contribution < 1.29 is 10.0 Å². The second-order valence-corrected chi connectivity index (χ2v) is 5.22. The number of benzene rings is 1. The SMILES string of the molecule is CC(O)CCCNc1ccc2scnc2c1[N+](=O)[O-]. The van der Waals surface area contributed by atoms with Gasteiger partial charge in [0.1, 0.15) is 5.69 Å². The van der Waals surface area contributed by atoms with Crippen LogP contribution in [0, 0.1) is 10.1 Å². The number of nitrogens with zero attached hydrogens (tertiary/aromatic N) is 2. The van der Waals surface area contributed by atoms with Crippen LogP contribution in [-0.2, 0) is 0 Å². The van der Waals surface area contributed by atoms with Gasteiger partial charge in [0, 0.05) is 6.54 Å². The zero-order valence-corrected chi connectivity index (χ0v) is 11.3. The van der Waals surface area contributed by atoms with Gasteiger partial charge in [-0.05, 0) is 31.9 Å². The van der Waals surface area contributed by atoms with Crippen molar-refractivity contribution in [1.82, 2.24) is 4.98 Å². The molecule has 0 amide bonds. The molecular weight excluding hydrogens is 266 g/mol. The van der Waals surface area contributed by atoms with Gasteiger partial charge in [-0.15, -0.1) is 11.3 Å². The van der Waals surface area contributed by atoms with Crippen LogP contribution in [0.15, 0.2) is 17.6 Å². The van der Waals surface area contributed by atoms with E-state index < -0.39 is 4.92 Å². The molecule has 0 aliphatic heterocycles. The van der Waals surface area contributed by atoms with Crippen LogP contribution < -0.4 is 5.32 Å². The number of aliphatic hydroxyl groups excluding tert-OH is 1. The van der Waals surface area contributed by atoms with E-state index in [-0.39, 0.29) is 11.8 Å². The van der Waals surface area contributed by atoms with Crippen molar-refractivity contribution >= 4 is 32.9 Å². The highest BCUT2D eigenvalue weighted by atomic mass is 32.1. The number of aliphatic hydroxyl groups is 1. The summed E-state index contributed by atoms with van der Waals surface area (Å²) in [5.41, 5.74) is 2.54. The molecule has 1 unspecified atom stereocenters. The molecule has 0 radical (unpaired) electrons. The van der Waals surface area contributed by atoms with Crippen molar-refractivity contribution in [3.8, 4) is 0 Å². The maximum atomic E-state index is 11.2. The third kappa shape index (κ3) is 3.18. The predicted octanol–water partition coefficient (Wildman–Crippen LogP) is 2.78. The topological polar surface area (TPSA) is 88.3 Å². The first-order chi connectivity index (χ1) is 9.09. The summed E-state index contributed by atoms with van der Waals surface area (Å²) in [4.78, 5) is 14.8. The van der Waals surface area contributed by atoms with Crippen LogP contribution in [-0.4, -0.2) is 27.7 Å². The van der Waals surface area contributed by atoms with Crippen molar-refractivity contribution in [3.63, 3.8) is 0 Å². The third-order valence-corrected chi connectivity index (χ3v) is 3.57. The van der Waals surface area contributed by atoms with E-state index in [1.165, 1.54) is 11.3 Å². The number of hydrogen-bond acceptors (Lipinski definition) is 6. The molecule has 0 spiro atoms. The van der Waals surface area contributed by atoms with Gasteiger partial charge in [0.25, 0.3) is 0 Å². The standard InChI is InChI=1S/C12H15N3O3S/c1-8(16)3-2-6-13-9-4-5-10-11(14-7-19-10)12(9)15(17)18/h4-5,7-8,13,16H,2-3,6H2,1H3. The lowest BCUT2D eigenvalue weighted by Crippen LogP contribution is -2.08. The summed E-state index contributed by atoms with van der Waals surface area (Å²) in [7, 11) is 0. The first-order valence-electron chi connectivity index (χ1n) is 6.02. The largest absolute Gasteiger partial charge is 0.393 e. The summed E-state index contributed by atoms with van der Waals surface area (Å²) in [6.45, 7) is 2.31. The maximum absolute atomic E-state index is 11.2. The molecule has 0 aliphatic carbocycles. The fraction of sp³-hybridized carbons (Fsp3) is 0.417. The van der Waals surface area contributed by atoms with Crippen LogP contribution in [0.5, 0.6) is 0 Å². The van der Waals surface area contributed by atoms with E-state index >= 15 is 0 Å². The van der Waals surface area contributed by atoms with E-state index in [1.54, 1.807) is 18.5 Å². The van der Waals surface area contributed by atoms with E-state index in [9.17, 15) is 10.1 Å². The molecule has 0 saturated carbocycles. The smallest absolute Gasteiger partial charge is 0.319 e. The molecule has 0 saturated heterocycles. The Labute approximate surface area is 114 Å². The quantitative estimate of drug-likeness (QED) is 0.483. The van der Waals surface area contributed by atoms with Gasteiger partial charge in [0.15, 0.2) is 5.52 Å². The van der Waals surface area contributed by atoms with Crippen LogP contribution in [0.4, 0.5) is 11.4 Å². The van der Waals surface area contributed by atoms with Gasteiger partial charge >= 0.3 is 5.69 Å². The minimum absolute atomic E-state index is 0.0239. The number of hydrogen-bond donors (Lipinski definition) is 2. The van der Waals surface area contributed by atoms with E-state index in [0.29, 0.717) is 24.2 Å². The average molecular weight is 281 g/mol. The number of nitrogens with one attached hydrogen (secondary N) is 1. The summed E-state index contributed by atoms with van der Waals surface area (Å²) >= 11 is 1.38. The third-order valence-electron chi connectivity index (χ3n) is 2.77. The van der Waals surface area contributed by atoms with Crippen LogP contribution in [0.25, 0.3) is 10.2 Å². The van der Waals surface area contributed by atoms with Crippen molar-refractivity contribution in [3.05, 3.63) is 27.8 Å². The summed E-state index contributed by atoms with van der Waals surface area (Å²) in [5, 5.41) is 23.4. The lowest BCUT2D eigenvalue weighted by Gasteiger charge is -2.08. The molecule has 1 aromatic heterocycles. The molecule has 7 heteroatoms. The van der Waals surface area contributed by atoms with Crippen molar-refractivity contribution in [2.24, 2.45) is 0 Å². The van der Waals surface area contributed by atoms with E-state index in [2.05, 4.69) is 10.3 Å². The highest BCUT2D eigenvalue weighted by Gasteiger charge is 2.20. The first kappa shape index (κ1) is 13.7. The molecular formula is C12H15N3O3S. The Morgan fingerprint density at radius 2 is 2.37 bits per heavy atom. The highest BCUT2D eigenvalue weighted by Crippen LogP contribution is 2.34. The molecule has 0 fully saturated rings. The second-order valence-electron chi connectivity index (χ2n) is 4.34. The zero-order valence-electron chi connectivity index (χ0n) is 10.5. The lowest BCUT2D eigenvalue weighted by atomic mass is 10.2. The lowest BCUT2D eigenvalue weighted by molar-refractivity contribution is -0.382. The second kappa shape index (κ2) is 5.94. The molecule has 2 N–H and O–H groups in total. The number of nitro groups is 1.